The summed E-state index contributed by atoms with van der Waals surface area (Å²) in [5.74, 6) is -0.193. The molecule has 0 aromatic heterocycles. The van der Waals surface area contributed by atoms with Crippen LogP contribution in [-0.4, -0.2) is 32.9 Å². The molecule has 0 radical (unpaired) electrons. The maximum Gasteiger partial charge on any atom is 0.270 e. The number of thioether (sulfide) groups is 1. The number of carbonyl (C=O) groups is 1. The number of nitro groups is 1. The Kier molecular flexibility index (Phi) is 5.37. The van der Waals surface area contributed by atoms with Gasteiger partial charge in [0, 0.05) is 17.7 Å². The highest BCUT2D eigenvalue weighted by molar-refractivity contribution is 8.15. The van der Waals surface area contributed by atoms with Gasteiger partial charge in [-0.2, -0.15) is 5.10 Å². The van der Waals surface area contributed by atoms with Crippen molar-refractivity contribution in [3.63, 3.8) is 0 Å². The van der Waals surface area contributed by atoms with E-state index in [-0.39, 0.29) is 29.7 Å². The summed E-state index contributed by atoms with van der Waals surface area (Å²) < 4.78 is 13.0. The maximum absolute atomic E-state index is 13.0. The predicted molar refractivity (Wildman–Crippen MR) is 97.5 cm³/mol. The largest absolute Gasteiger partial charge is 0.285 e. The van der Waals surface area contributed by atoms with Gasteiger partial charge in [-0.25, -0.2) is 4.39 Å². The van der Waals surface area contributed by atoms with E-state index in [0.717, 1.165) is 5.56 Å². The van der Waals surface area contributed by atoms with Crippen molar-refractivity contribution < 1.29 is 14.1 Å². The zero-order valence-electron chi connectivity index (χ0n) is 13.4. The van der Waals surface area contributed by atoms with E-state index < -0.39 is 4.92 Å². The van der Waals surface area contributed by atoms with Crippen LogP contribution in [0.2, 0.25) is 0 Å². The molecule has 0 N–H and O–H groups in total. The van der Waals surface area contributed by atoms with Gasteiger partial charge in [0.1, 0.15) is 5.82 Å². The molecule has 7 nitrogen and oxygen atoms in total. The average Bonchev–Trinajstić information content (AvgIpc) is 2.97. The lowest BCUT2D eigenvalue weighted by Crippen LogP contribution is -2.28. The summed E-state index contributed by atoms with van der Waals surface area (Å²) in [6.07, 6.45) is 1.39. The molecule has 0 spiro atoms. The first-order valence-electron chi connectivity index (χ1n) is 7.56. The average molecular weight is 372 g/mol. The van der Waals surface area contributed by atoms with Gasteiger partial charge in [-0.3, -0.25) is 19.8 Å². The summed E-state index contributed by atoms with van der Waals surface area (Å²) in [7, 11) is 0. The summed E-state index contributed by atoms with van der Waals surface area (Å²) in [6.45, 7) is 0.275. The molecule has 1 heterocycles. The van der Waals surface area contributed by atoms with Crippen LogP contribution in [0.1, 0.15) is 11.1 Å². The Bertz CT molecular complexity index is 899. The van der Waals surface area contributed by atoms with Crippen LogP contribution in [0.3, 0.4) is 0 Å². The number of carbonyl (C=O) groups excluding carboxylic acids is 1. The van der Waals surface area contributed by atoms with Gasteiger partial charge in [-0.1, -0.05) is 36.0 Å². The van der Waals surface area contributed by atoms with E-state index in [2.05, 4.69) is 10.2 Å². The molecule has 1 fully saturated rings. The minimum Gasteiger partial charge on any atom is -0.285 e. The van der Waals surface area contributed by atoms with Crippen LogP contribution in [0.15, 0.2) is 58.7 Å². The third-order valence-corrected chi connectivity index (χ3v) is 4.49. The van der Waals surface area contributed by atoms with Crippen LogP contribution in [0, 0.1) is 15.9 Å². The number of amidine groups is 1. The minimum atomic E-state index is -0.487. The van der Waals surface area contributed by atoms with E-state index in [1.165, 1.54) is 47.1 Å². The normalized spacial score (nSPS) is 16.0. The van der Waals surface area contributed by atoms with Crippen molar-refractivity contribution in [2.45, 2.75) is 6.54 Å². The van der Waals surface area contributed by atoms with Crippen molar-refractivity contribution in [2.75, 3.05) is 5.75 Å². The van der Waals surface area contributed by atoms with Crippen LogP contribution in [0.4, 0.5) is 10.1 Å². The van der Waals surface area contributed by atoms with E-state index >= 15 is 0 Å². The van der Waals surface area contributed by atoms with Gasteiger partial charge < -0.3 is 0 Å². The number of hydrogen-bond acceptors (Lipinski definition) is 6. The van der Waals surface area contributed by atoms with Crippen LogP contribution >= 0.6 is 11.8 Å². The fourth-order valence-electron chi connectivity index (χ4n) is 2.26. The summed E-state index contributed by atoms with van der Waals surface area (Å²) in [5.41, 5.74) is 1.27. The molecule has 0 unspecified atom stereocenters. The number of non-ortho nitro benzene ring substituents is 1. The topological polar surface area (TPSA) is 88.2 Å². The highest BCUT2D eigenvalue weighted by Crippen LogP contribution is 2.22. The quantitative estimate of drug-likeness (QED) is 0.458. The van der Waals surface area contributed by atoms with Crippen molar-refractivity contribution >= 4 is 34.7 Å². The van der Waals surface area contributed by atoms with E-state index in [1.807, 2.05) is 0 Å². The lowest BCUT2D eigenvalue weighted by molar-refractivity contribution is -0.384. The van der Waals surface area contributed by atoms with Gasteiger partial charge in [-0.15, -0.1) is 5.10 Å². The standard InChI is InChI=1S/C17H13FN4O3S/c18-14-6-4-12(5-7-14)10-21-16(23)11-26-17(21)20-19-9-13-2-1-3-15(8-13)22(24)25/h1-9H,10-11H2/b19-9+,20-17+. The lowest BCUT2D eigenvalue weighted by Gasteiger charge is -2.15. The fraction of sp³-hybridized carbons (Fsp3) is 0.118. The van der Waals surface area contributed by atoms with Crippen LogP contribution in [-0.2, 0) is 11.3 Å². The third-order valence-electron chi connectivity index (χ3n) is 3.54. The number of benzene rings is 2. The maximum atomic E-state index is 13.0. The molecule has 132 valence electrons. The first-order chi connectivity index (χ1) is 12.5. The van der Waals surface area contributed by atoms with Crippen LogP contribution in [0.25, 0.3) is 0 Å². The predicted octanol–water partition coefficient (Wildman–Crippen LogP) is 3.20. The molecular formula is C17H13FN4O3S. The molecule has 9 heteroatoms. The van der Waals surface area contributed by atoms with Gasteiger partial charge >= 0.3 is 0 Å². The first kappa shape index (κ1) is 17.7. The molecule has 0 bridgehead atoms. The van der Waals surface area contributed by atoms with Crippen LogP contribution in [0.5, 0.6) is 0 Å². The van der Waals surface area contributed by atoms with Gasteiger partial charge in [0.25, 0.3) is 5.69 Å². The Labute approximate surface area is 152 Å². The van der Waals surface area contributed by atoms with E-state index in [0.29, 0.717) is 10.7 Å². The number of rotatable bonds is 5. The monoisotopic (exact) mass is 372 g/mol. The Morgan fingerprint density at radius 1 is 1.27 bits per heavy atom. The molecule has 2 aromatic carbocycles. The number of amides is 1. The zero-order chi connectivity index (χ0) is 18.5. The summed E-state index contributed by atoms with van der Waals surface area (Å²) in [4.78, 5) is 23.8. The van der Waals surface area contributed by atoms with Crippen molar-refractivity contribution in [3.8, 4) is 0 Å². The second-order valence-electron chi connectivity index (χ2n) is 5.37. The molecule has 1 amide bonds. The minimum absolute atomic E-state index is 0.0371. The lowest BCUT2D eigenvalue weighted by atomic mass is 10.2. The van der Waals surface area contributed by atoms with Crippen LogP contribution < -0.4 is 0 Å². The second kappa shape index (κ2) is 7.87. The molecule has 1 aliphatic rings. The Morgan fingerprint density at radius 2 is 2.04 bits per heavy atom. The smallest absolute Gasteiger partial charge is 0.270 e. The SMILES string of the molecule is O=C1CS/C(=N/N=C/c2cccc([N+](=O)[O-])c2)N1Cc1ccc(F)cc1. The van der Waals surface area contributed by atoms with Gasteiger partial charge in [0.2, 0.25) is 5.91 Å². The Hall–Kier alpha value is -3.07. The number of nitrogens with zero attached hydrogens (tertiary/aromatic N) is 4. The molecule has 1 saturated heterocycles. The third kappa shape index (κ3) is 4.31. The molecule has 0 saturated carbocycles. The zero-order valence-corrected chi connectivity index (χ0v) is 14.2. The number of hydrogen-bond donors (Lipinski definition) is 0. The van der Waals surface area contributed by atoms with Crippen molar-refractivity contribution in [1.82, 2.24) is 4.90 Å². The van der Waals surface area contributed by atoms with Crippen molar-refractivity contribution in [2.24, 2.45) is 10.2 Å². The van der Waals surface area contributed by atoms with Gasteiger partial charge in [0.15, 0.2) is 5.17 Å². The van der Waals surface area contributed by atoms with Crippen molar-refractivity contribution in [3.05, 3.63) is 75.6 Å². The fourth-order valence-corrected chi connectivity index (χ4v) is 3.10. The van der Waals surface area contributed by atoms with E-state index in [1.54, 1.807) is 24.3 Å². The van der Waals surface area contributed by atoms with Gasteiger partial charge in [0.05, 0.1) is 23.4 Å². The molecule has 0 atom stereocenters. The Morgan fingerprint density at radius 3 is 2.77 bits per heavy atom. The molecule has 1 aliphatic heterocycles. The summed E-state index contributed by atoms with van der Waals surface area (Å²) >= 11 is 1.25. The molecule has 26 heavy (non-hydrogen) atoms. The highest BCUT2D eigenvalue weighted by Gasteiger charge is 2.28. The molecule has 3 rings (SSSR count). The Balaban J connectivity index is 1.74. The first-order valence-corrected chi connectivity index (χ1v) is 8.54. The molecule has 2 aromatic rings. The van der Waals surface area contributed by atoms with Gasteiger partial charge in [-0.05, 0) is 17.7 Å². The second-order valence-corrected chi connectivity index (χ2v) is 6.32. The van der Waals surface area contributed by atoms with E-state index in [9.17, 15) is 19.3 Å². The summed E-state index contributed by atoms with van der Waals surface area (Å²) in [6, 6.07) is 11.9. The summed E-state index contributed by atoms with van der Waals surface area (Å²) in [5, 5.41) is 19.2. The number of nitro benzene ring substituents is 1. The highest BCUT2D eigenvalue weighted by atomic mass is 32.2. The van der Waals surface area contributed by atoms with E-state index in [4.69, 9.17) is 0 Å². The molecular weight excluding hydrogens is 359 g/mol. The van der Waals surface area contributed by atoms with Crippen molar-refractivity contribution in [1.29, 1.82) is 0 Å². The number of halogens is 1. The molecule has 0 aliphatic carbocycles.